The minimum atomic E-state index is -0.374. The lowest BCUT2D eigenvalue weighted by molar-refractivity contribution is -0.156. The number of amides is 1. The van der Waals surface area contributed by atoms with Gasteiger partial charge >= 0.3 is 11.6 Å². The van der Waals surface area contributed by atoms with Crippen molar-refractivity contribution < 1.29 is 23.5 Å². The number of fused-ring (bicyclic) bond motifs is 3. The number of rotatable bonds is 5. The largest absolute Gasteiger partial charge is 0.459 e. The van der Waals surface area contributed by atoms with Crippen molar-refractivity contribution in [3.63, 3.8) is 0 Å². The van der Waals surface area contributed by atoms with E-state index in [-0.39, 0.29) is 58.1 Å². The van der Waals surface area contributed by atoms with Crippen LogP contribution in [0.15, 0.2) is 27.6 Å². The fraction of sp³-hybridized carbons (Fsp3) is 0.781. The first-order chi connectivity index (χ1) is 19.2. The first kappa shape index (κ1) is 26.7. The van der Waals surface area contributed by atoms with Gasteiger partial charge in [0, 0.05) is 30.4 Å². The second kappa shape index (κ2) is 9.41. The number of nitrogens with one attached hydrogen (secondary N) is 1. The molecule has 1 aromatic rings. The molecule has 1 spiro atoms. The lowest BCUT2D eigenvalue weighted by Crippen LogP contribution is -2.59. The molecule has 0 aromatic carbocycles. The lowest BCUT2D eigenvalue weighted by Gasteiger charge is -2.61. The molecule has 1 aromatic heterocycles. The number of hydrogen-bond acceptors (Lipinski definition) is 7. The van der Waals surface area contributed by atoms with Crippen LogP contribution in [0.4, 0.5) is 0 Å². The summed E-state index contributed by atoms with van der Waals surface area (Å²) in [6.07, 6.45) is 11.1. The Morgan fingerprint density at radius 2 is 1.88 bits per heavy atom. The molecule has 3 heterocycles. The van der Waals surface area contributed by atoms with E-state index >= 15 is 0 Å². The Kier molecular flexibility index (Phi) is 6.28. The number of hydrogen-bond donors (Lipinski definition) is 1. The highest BCUT2D eigenvalue weighted by Gasteiger charge is 2.84. The maximum absolute atomic E-state index is 12.8. The molecular weight excluding hydrogens is 508 g/mol. The van der Waals surface area contributed by atoms with E-state index in [0.29, 0.717) is 24.3 Å². The Hall–Kier alpha value is -2.19. The molecule has 1 amide bonds. The van der Waals surface area contributed by atoms with Crippen molar-refractivity contribution >= 4 is 11.9 Å². The minimum absolute atomic E-state index is 0.0625. The molecule has 8 nitrogen and oxygen atoms in total. The average Bonchev–Trinajstić information content (AvgIpc) is 3.37. The van der Waals surface area contributed by atoms with Gasteiger partial charge in [-0.15, -0.1) is 0 Å². The highest BCUT2D eigenvalue weighted by Crippen LogP contribution is 2.78. The van der Waals surface area contributed by atoms with Gasteiger partial charge in [-0.2, -0.15) is 0 Å². The van der Waals surface area contributed by atoms with Crippen molar-refractivity contribution in [2.45, 2.75) is 108 Å². The maximum atomic E-state index is 12.8. The third-order valence-electron chi connectivity index (χ3n) is 12.4. The van der Waals surface area contributed by atoms with Gasteiger partial charge in [0.25, 0.3) is 0 Å². The number of carbonyl (C=O) groups is 2. The zero-order valence-electron chi connectivity index (χ0n) is 24.2. The third kappa shape index (κ3) is 3.88. The van der Waals surface area contributed by atoms with E-state index in [4.69, 9.17) is 13.9 Å². The summed E-state index contributed by atoms with van der Waals surface area (Å²) in [5.74, 6) is 1.40. The van der Waals surface area contributed by atoms with Crippen LogP contribution in [0.3, 0.4) is 0 Å². The van der Waals surface area contributed by atoms with Gasteiger partial charge in [-0.25, -0.2) is 4.79 Å². The van der Waals surface area contributed by atoms with Gasteiger partial charge in [0.05, 0.1) is 12.8 Å². The van der Waals surface area contributed by atoms with Crippen molar-refractivity contribution in [1.29, 1.82) is 0 Å². The van der Waals surface area contributed by atoms with E-state index < -0.39 is 0 Å². The topological polar surface area (TPSA) is 101 Å². The van der Waals surface area contributed by atoms with Gasteiger partial charge in [0.15, 0.2) is 0 Å². The molecule has 2 saturated heterocycles. The molecule has 6 fully saturated rings. The van der Waals surface area contributed by atoms with Crippen LogP contribution in [-0.4, -0.2) is 60.3 Å². The fourth-order valence-electron chi connectivity index (χ4n) is 10.7. The number of carbonyl (C=O) groups excluding carboxylic acids is 2. The lowest BCUT2D eigenvalue weighted by atomic mass is 9.44. The van der Waals surface area contributed by atoms with E-state index in [9.17, 15) is 14.4 Å². The Labute approximate surface area is 236 Å². The molecule has 6 aliphatic rings. The number of esters is 1. The molecule has 4 saturated carbocycles. The molecule has 218 valence electrons. The summed E-state index contributed by atoms with van der Waals surface area (Å²) in [4.78, 5) is 39.1. The average molecular weight is 553 g/mol. The van der Waals surface area contributed by atoms with E-state index in [2.05, 4.69) is 24.1 Å². The first-order valence-corrected chi connectivity index (χ1v) is 15.6. The van der Waals surface area contributed by atoms with Crippen LogP contribution in [0, 0.1) is 28.6 Å². The second-order valence-electron chi connectivity index (χ2n) is 14.2. The SMILES string of the molecule is CC(=O)O[C@H]1[C@H]2O[C@]23[C@@H]2CC[C@@H]4C[C@@H](NC(=O)CN5CCCC5)CC[C@]4(C)[C@H]2CC[C@]3(C)[C@H]1c1ccc(=O)oc1. The zero-order chi connectivity index (χ0) is 27.9. The predicted molar refractivity (Wildman–Crippen MR) is 147 cm³/mol. The second-order valence-corrected chi connectivity index (χ2v) is 14.2. The van der Waals surface area contributed by atoms with Crippen LogP contribution in [0.2, 0.25) is 0 Å². The van der Waals surface area contributed by atoms with Crippen molar-refractivity contribution in [2.75, 3.05) is 19.6 Å². The Morgan fingerprint density at radius 3 is 2.60 bits per heavy atom. The minimum Gasteiger partial charge on any atom is -0.459 e. The van der Waals surface area contributed by atoms with Crippen LogP contribution < -0.4 is 10.9 Å². The van der Waals surface area contributed by atoms with Crippen LogP contribution in [0.1, 0.15) is 90.0 Å². The third-order valence-corrected chi connectivity index (χ3v) is 12.4. The molecular formula is C32H44N2O6. The van der Waals surface area contributed by atoms with Crippen LogP contribution in [-0.2, 0) is 19.1 Å². The molecule has 0 radical (unpaired) electrons. The Balaban J connectivity index is 1.11. The Morgan fingerprint density at radius 1 is 1.07 bits per heavy atom. The molecule has 2 aliphatic heterocycles. The van der Waals surface area contributed by atoms with Gasteiger partial charge in [-0.3, -0.25) is 14.5 Å². The summed E-state index contributed by atoms with van der Waals surface area (Å²) < 4.78 is 18.0. The van der Waals surface area contributed by atoms with Crippen molar-refractivity contribution in [3.05, 3.63) is 34.4 Å². The summed E-state index contributed by atoms with van der Waals surface area (Å²) in [6, 6.07) is 3.60. The highest BCUT2D eigenvalue weighted by atomic mass is 16.7. The number of ether oxygens (including phenoxy) is 2. The van der Waals surface area contributed by atoms with E-state index in [1.807, 2.05) is 6.07 Å². The summed E-state index contributed by atoms with van der Waals surface area (Å²) >= 11 is 0. The summed E-state index contributed by atoms with van der Waals surface area (Å²) in [7, 11) is 0. The molecule has 40 heavy (non-hydrogen) atoms. The highest BCUT2D eigenvalue weighted by molar-refractivity contribution is 5.78. The fourth-order valence-corrected chi connectivity index (χ4v) is 10.7. The Bertz CT molecular complexity index is 1220. The van der Waals surface area contributed by atoms with Gasteiger partial charge in [-0.05, 0) is 106 Å². The number of nitrogens with zero attached hydrogens (tertiary/aromatic N) is 1. The number of likely N-dealkylation sites (tertiary alicyclic amines) is 1. The summed E-state index contributed by atoms with van der Waals surface area (Å²) in [6.45, 7) is 8.93. The van der Waals surface area contributed by atoms with Gasteiger partial charge in [-0.1, -0.05) is 13.8 Å². The maximum Gasteiger partial charge on any atom is 0.335 e. The van der Waals surface area contributed by atoms with E-state index in [1.165, 1.54) is 25.8 Å². The van der Waals surface area contributed by atoms with Gasteiger partial charge < -0.3 is 19.2 Å². The molecule has 0 unspecified atom stereocenters. The van der Waals surface area contributed by atoms with Crippen molar-refractivity contribution in [2.24, 2.45) is 28.6 Å². The molecule has 0 bridgehead atoms. The molecule has 10 atom stereocenters. The smallest absolute Gasteiger partial charge is 0.335 e. The molecule has 4 aliphatic carbocycles. The summed E-state index contributed by atoms with van der Waals surface area (Å²) in [5.41, 5.74) is 0.256. The van der Waals surface area contributed by atoms with E-state index in [0.717, 1.165) is 63.6 Å². The van der Waals surface area contributed by atoms with E-state index in [1.54, 1.807) is 6.26 Å². The predicted octanol–water partition coefficient (Wildman–Crippen LogP) is 4.02. The van der Waals surface area contributed by atoms with Crippen molar-refractivity contribution in [1.82, 2.24) is 10.2 Å². The van der Waals surface area contributed by atoms with Gasteiger partial charge in [0.2, 0.25) is 5.91 Å². The zero-order valence-corrected chi connectivity index (χ0v) is 24.2. The number of epoxide rings is 1. The quantitative estimate of drug-likeness (QED) is 0.435. The van der Waals surface area contributed by atoms with Crippen molar-refractivity contribution in [3.8, 4) is 0 Å². The van der Waals surface area contributed by atoms with Crippen LogP contribution >= 0.6 is 0 Å². The molecule has 7 rings (SSSR count). The summed E-state index contributed by atoms with van der Waals surface area (Å²) in [5, 5.41) is 3.39. The van der Waals surface area contributed by atoms with Gasteiger partial charge in [0.1, 0.15) is 17.8 Å². The standard InChI is InChI=1S/C32H44N2O6/c1-19(35)39-28-27(20-6-9-26(37)38-18-20)31(3)13-11-23-24(32(31)29(28)40-32)8-7-21-16-22(10-12-30(21,23)2)33-25(36)17-34-14-4-5-15-34/h6,9,18,21-24,27-29H,4-5,7-8,10-17H2,1-3H3,(H,33,36)/t21-,22+,23+,24-,27+,28-,29-,30+,31-,32-/m1/s1. The van der Waals surface area contributed by atoms with Crippen LogP contribution in [0.5, 0.6) is 0 Å². The molecule has 1 N–H and O–H groups in total. The molecule has 8 heteroatoms. The normalized spacial score (nSPS) is 45.5. The first-order valence-electron chi connectivity index (χ1n) is 15.6. The van der Waals surface area contributed by atoms with Crippen LogP contribution in [0.25, 0.3) is 0 Å². The monoisotopic (exact) mass is 552 g/mol.